The quantitative estimate of drug-likeness (QED) is 0.211. The average molecular weight is 595 g/mol. The highest BCUT2D eigenvalue weighted by molar-refractivity contribution is 9.10. The zero-order chi connectivity index (χ0) is 25.5. The number of hydrogen-bond donors (Lipinski definition) is 1. The first-order valence-corrected chi connectivity index (χ1v) is 12.4. The number of ether oxygens (including phenoxy) is 2. The summed E-state index contributed by atoms with van der Waals surface area (Å²) in [5.74, 6) is 0.396. The molecule has 0 radical (unpaired) electrons. The van der Waals surface area contributed by atoms with E-state index in [0.717, 1.165) is 5.56 Å². The fourth-order valence-corrected chi connectivity index (χ4v) is 4.00. The lowest BCUT2D eigenvalue weighted by Gasteiger charge is -2.15. The van der Waals surface area contributed by atoms with Gasteiger partial charge in [-0.25, -0.2) is 0 Å². The van der Waals surface area contributed by atoms with E-state index >= 15 is 0 Å². The third-order valence-electron chi connectivity index (χ3n) is 4.92. The lowest BCUT2D eigenvalue weighted by molar-refractivity contribution is -0.112. The molecule has 0 fully saturated rings. The van der Waals surface area contributed by atoms with Crippen molar-refractivity contribution < 1.29 is 14.3 Å². The van der Waals surface area contributed by atoms with Crippen LogP contribution < -0.4 is 14.8 Å². The van der Waals surface area contributed by atoms with Crippen LogP contribution in [0.3, 0.4) is 0 Å². The van der Waals surface area contributed by atoms with Crippen LogP contribution in [-0.4, -0.2) is 12.5 Å². The zero-order valence-electron chi connectivity index (χ0n) is 18.8. The van der Waals surface area contributed by atoms with E-state index in [2.05, 4.69) is 21.2 Å². The molecule has 1 amide bonds. The summed E-state index contributed by atoms with van der Waals surface area (Å²) in [4.78, 5) is 12.8. The summed E-state index contributed by atoms with van der Waals surface area (Å²) >= 11 is 21.7. The van der Waals surface area contributed by atoms with Gasteiger partial charge in [0, 0.05) is 15.2 Å². The molecule has 0 aliphatic rings. The molecular formula is C26H20BrCl3N2O3. The molecule has 1 N–H and O–H groups in total. The maximum Gasteiger partial charge on any atom is 0.266 e. The molecule has 0 aliphatic heterocycles. The summed E-state index contributed by atoms with van der Waals surface area (Å²) in [7, 11) is 0. The highest BCUT2D eigenvalue weighted by Gasteiger charge is 2.15. The van der Waals surface area contributed by atoms with E-state index in [1.165, 1.54) is 6.08 Å². The van der Waals surface area contributed by atoms with Crippen molar-refractivity contribution in [3.8, 4) is 17.6 Å². The van der Waals surface area contributed by atoms with Crippen LogP contribution in [0.4, 0.5) is 5.69 Å². The normalized spacial score (nSPS) is 11.1. The molecule has 35 heavy (non-hydrogen) atoms. The summed E-state index contributed by atoms with van der Waals surface area (Å²) in [6.07, 6.45) is 1.48. The fourth-order valence-electron chi connectivity index (χ4n) is 3.07. The van der Waals surface area contributed by atoms with Gasteiger partial charge in [0.05, 0.1) is 16.7 Å². The second-order valence-corrected chi connectivity index (χ2v) is 9.40. The molecule has 0 bridgehead atoms. The third-order valence-corrected chi connectivity index (χ3v) is 6.76. The van der Waals surface area contributed by atoms with Crippen LogP contribution >= 0.6 is 50.7 Å². The summed E-state index contributed by atoms with van der Waals surface area (Å²) < 4.78 is 12.3. The van der Waals surface area contributed by atoms with E-state index in [-0.39, 0.29) is 12.2 Å². The number of nitrogens with one attached hydrogen (secondary N) is 1. The Labute approximate surface area is 227 Å². The SMILES string of the molecule is CCOc1cc(/C=C(\C#N)C(=O)Nc2cccc(Cl)c2C)c(Br)cc1OCc1ccc(Cl)c(Cl)c1. The second kappa shape index (κ2) is 12.3. The van der Waals surface area contributed by atoms with Crippen LogP contribution in [0.15, 0.2) is 58.6 Å². The molecule has 0 saturated carbocycles. The Kier molecular flexibility index (Phi) is 9.47. The van der Waals surface area contributed by atoms with Crippen molar-refractivity contribution >= 4 is 68.4 Å². The van der Waals surface area contributed by atoms with Crippen molar-refractivity contribution in [2.75, 3.05) is 11.9 Å². The molecule has 9 heteroatoms. The predicted octanol–water partition coefficient (Wildman–Crippen LogP) is 8.24. The number of hydrogen-bond acceptors (Lipinski definition) is 4. The number of carbonyl (C=O) groups excluding carboxylic acids is 1. The lowest BCUT2D eigenvalue weighted by atomic mass is 10.1. The maximum atomic E-state index is 12.8. The van der Waals surface area contributed by atoms with Gasteiger partial charge in [-0.3, -0.25) is 4.79 Å². The van der Waals surface area contributed by atoms with Crippen molar-refractivity contribution in [2.24, 2.45) is 0 Å². The van der Waals surface area contributed by atoms with E-state index in [1.807, 2.05) is 19.1 Å². The van der Waals surface area contributed by atoms with E-state index in [0.29, 0.717) is 54.5 Å². The van der Waals surface area contributed by atoms with Gasteiger partial charge < -0.3 is 14.8 Å². The summed E-state index contributed by atoms with van der Waals surface area (Å²) in [6, 6.07) is 15.8. The number of anilines is 1. The fraction of sp³-hybridized carbons (Fsp3) is 0.154. The molecule has 5 nitrogen and oxygen atoms in total. The summed E-state index contributed by atoms with van der Waals surface area (Å²) in [5, 5.41) is 13.8. The molecule has 0 atom stereocenters. The van der Waals surface area contributed by atoms with Gasteiger partial charge in [-0.05, 0) is 73.0 Å². The molecule has 3 aromatic rings. The van der Waals surface area contributed by atoms with Crippen molar-refractivity contribution in [3.63, 3.8) is 0 Å². The van der Waals surface area contributed by atoms with Crippen molar-refractivity contribution in [1.82, 2.24) is 0 Å². The zero-order valence-corrected chi connectivity index (χ0v) is 22.6. The molecule has 0 aromatic heterocycles. The minimum atomic E-state index is -0.553. The molecule has 0 saturated heterocycles. The highest BCUT2D eigenvalue weighted by Crippen LogP contribution is 2.36. The van der Waals surface area contributed by atoms with Gasteiger partial charge in [0.15, 0.2) is 11.5 Å². The third kappa shape index (κ3) is 6.93. The van der Waals surface area contributed by atoms with Gasteiger partial charge in [-0.15, -0.1) is 0 Å². The Balaban J connectivity index is 1.86. The number of nitriles is 1. The number of nitrogens with zero attached hydrogens (tertiary/aromatic N) is 1. The summed E-state index contributed by atoms with van der Waals surface area (Å²) in [5.41, 5.74) is 2.57. The number of benzene rings is 3. The molecule has 180 valence electrons. The van der Waals surface area contributed by atoms with Crippen molar-refractivity contribution in [3.05, 3.63) is 90.3 Å². The van der Waals surface area contributed by atoms with Crippen LogP contribution in [0.5, 0.6) is 11.5 Å². The lowest BCUT2D eigenvalue weighted by Crippen LogP contribution is -2.14. The highest BCUT2D eigenvalue weighted by atomic mass is 79.9. The van der Waals surface area contributed by atoms with Crippen molar-refractivity contribution in [1.29, 1.82) is 5.26 Å². The standard InChI is InChI=1S/C26H20BrCl3N2O3/c1-3-34-24-11-17(10-18(13-31)26(33)32-23-6-4-5-20(28)15(23)2)19(27)12-25(24)35-14-16-7-8-21(29)22(30)9-16/h4-12H,3,14H2,1-2H3,(H,32,33)/b18-10+. The minimum Gasteiger partial charge on any atom is -0.490 e. The Morgan fingerprint density at radius 1 is 1.06 bits per heavy atom. The molecule has 0 heterocycles. The van der Waals surface area contributed by atoms with Crippen LogP contribution in [0, 0.1) is 18.3 Å². The van der Waals surface area contributed by atoms with Crippen LogP contribution in [0.2, 0.25) is 15.1 Å². The summed E-state index contributed by atoms with van der Waals surface area (Å²) in [6.45, 7) is 4.27. The molecular weight excluding hydrogens is 575 g/mol. The van der Waals surface area contributed by atoms with Crippen LogP contribution in [0.25, 0.3) is 6.08 Å². The van der Waals surface area contributed by atoms with E-state index in [1.54, 1.807) is 49.4 Å². The van der Waals surface area contributed by atoms with E-state index in [4.69, 9.17) is 44.3 Å². The van der Waals surface area contributed by atoms with Gasteiger partial charge in [-0.2, -0.15) is 5.26 Å². The molecule has 0 aliphatic carbocycles. The smallest absolute Gasteiger partial charge is 0.266 e. The van der Waals surface area contributed by atoms with Crippen LogP contribution in [0.1, 0.15) is 23.6 Å². The Morgan fingerprint density at radius 2 is 1.80 bits per heavy atom. The topological polar surface area (TPSA) is 71.3 Å². The monoisotopic (exact) mass is 592 g/mol. The number of amides is 1. The predicted molar refractivity (Wildman–Crippen MR) is 145 cm³/mol. The Bertz CT molecular complexity index is 1340. The molecule has 0 spiro atoms. The Morgan fingerprint density at radius 3 is 2.49 bits per heavy atom. The number of rotatable bonds is 8. The molecule has 0 unspecified atom stereocenters. The number of carbonyl (C=O) groups is 1. The average Bonchev–Trinajstić information content (AvgIpc) is 2.83. The minimum absolute atomic E-state index is 0.0861. The molecule has 3 rings (SSSR count). The molecule has 3 aromatic carbocycles. The van der Waals surface area contributed by atoms with Gasteiger partial charge >= 0.3 is 0 Å². The second-order valence-electron chi connectivity index (χ2n) is 7.33. The van der Waals surface area contributed by atoms with E-state index < -0.39 is 5.91 Å². The number of halogens is 4. The van der Waals surface area contributed by atoms with Gasteiger partial charge in [-0.1, -0.05) is 62.9 Å². The first-order valence-electron chi connectivity index (χ1n) is 10.4. The van der Waals surface area contributed by atoms with Gasteiger partial charge in [0.25, 0.3) is 5.91 Å². The van der Waals surface area contributed by atoms with Crippen LogP contribution in [-0.2, 0) is 11.4 Å². The van der Waals surface area contributed by atoms with Gasteiger partial charge in [0.1, 0.15) is 18.2 Å². The first-order chi connectivity index (χ1) is 16.7. The van der Waals surface area contributed by atoms with Gasteiger partial charge in [0.2, 0.25) is 0 Å². The first kappa shape index (κ1) is 26.9. The largest absolute Gasteiger partial charge is 0.490 e. The maximum absolute atomic E-state index is 12.8. The Hall–Kier alpha value is -2.69. The van der Waals surface area contributed by atoms with Crippen molar-refractivity contribution in [2.45, 2.75) is 20.5 Å². The van der Waals surface area contributed by atoms with E-state index in [9.17, 15) is 10.1 Å².